The van der Waals surface area contributed by atoms with Gasteiger partial charge >= 0.3 is 5.69 Å². The van der Waals surface area contributed by atoms with Crippen LogP contribution in [0.5, 0.6) is 11.5 Å². The molecule has 4 N–H and O–H groups in total. The lowest BCUT2D eigenvalue weighted by atomic mass is 10.3. The van der Waals surface area contributed by atoms with Crippen molar-refractivity contribution in [2.75, 3.05) is 10.9 Å². The van der Waals surface area contributed by atoms with Gasteiger partial charge in [0.1, 0.15) is 6.33 Å². The molecule has 3 rings (SSSR count). The van der Waals surface area contributed by atoms with E-state index in [4.69, 9.17) is 0 Å². The summed E-state index contributed by atoms with van der Waals surface area (Å²) >= 11 is 0. The van der Waals surface area contributed by atoms with Gasteiger partial charge in [-0.05, 0) is 24.3 Å². The highest BCUT2D eigenvalue weighted by atomic mass is 16.3. The Morgan fingerprint density at radius 1 is 0.957 bits per heavy atom. The molecule has 0 spiro atoms. The van der Waals surface area contributed by atoms with Crippen LogP contribution in [0, 0.1) is 0 Å². The Morgan fingerprint density at radius 3 is 2.43 bits per heavy atom. The summed E-state index contributed by atoms with van der Waals surface area (Å²) in [5, 5.41) is 18.8. The number of nitrogens with one attached hydrogen (secondary N) is 2. The lowest BCUT2D eigenvalue weighted by Crippen LogP contribution is -2.24. The topological polar surface area (TPSA) is 112 Å². The number of aromatic nitrogens is 3. The number of aromatic hydroxyl groups is 2. The highest BCUT2D eigenvalue weighted by Gasteiger charge is 2.06. The molecular weight excluding hydrogens is 298 g/mol. The first-order valence-corrected chi connectivity index (χ1v) is 6.68. The summed E-state index contributed by atoms with van der Waals surface area (Å²) in [4.78, 5) is 19.9. The fraction of sp³-hybridized carbons (Fsp3) is 0. The molecule has 0 radical (unpaired) electrons. The number of rotatable bonds is 4. The van der Waals surface area contributed by atoms with Crippen LogP contribution in [0.1, 0.15) is 0 Å². The van der Waals surface area contributed by atoms with Crippen molar-refractivity contribution in [1.29, 1.82) is 0 Å². The van der Waals surface area contributed by atoms with Gasteiger partial charge < -0.3 is 10.2 Å². The largest absolute Gasteiger partial charge is 0.504 e. The van der Waals surface area contributed by atoms with Gasteiger partial charge in [0.25, 0.3) is 0 Å². The first-order chi connectivity index (χ1) is 11.1. The van der Waals surface area contributed by atoms with Crippen LogP contribution in [-0.2, 0) is 0 Å². The molecule has 23 heavy (non-hydrogen) atoms. The van der Waals surface area contributed by atoms with E-state index >= 15 is 0 Å². The summed E-state index contributed by atoms with van der Waals surface area (Å²) in [6.07, 6.45) is 1.27. The zero-order valence-electron chi connectivity index (χ0n) is 11.8. The van der Waals surface area contributed by atoms with Crippen molar-refractivity contribution in [1.82, 2.24) is 14.5 Å². The van der Waals surface area contributed by atoms with E-state index in [1.807, 2.05) is 30.3 Å². The Bertz CT molecular complexity index is 880. The van der Waals surface area contributed by atoms with Crippen molar-refractivity contribution in [2.45, 2.75) is 0 Å². The van der Waals surface area contributed by atoms with E-state index in [-0.39, 0.29) is 17.4 Å². The molecule has 0 aliphatic carbocycles. The molecule has 0 unspecified atom stereocenters. The molecule has 0 fully saturated rings. The molecule has 0 saturated carbocycles. The van der Waals surface area contributed by atoms with Crippen LogP contribution in [-0.4, -0.2) is 24.7 Å². The minimum atomic E-state index is -0.581. The monoisotopic (exact) mass is 311 g/mol. The quantitative estimate of drug-likeness (QED) is 0.426. The SMILES string of the molecule is O=c1nc(NNc2ccccc2)ncn1-c1ccc(O)c(O)c1. The summed E-state index contributed by atoms with van der Waals surface area (Å²) in [7, 11) is 0. The molecule has 8 nitrogen and oxygen atoms in total. The van der Waals surface area contributed by atoms with Crippen LogP contribution in [0.25, 0.3) is 5.69 Å². The third-order valence-corrected chi connectivity index (χ3v) is 3.03. The van der Waals surface area contributed by atoms with Gasteiger partial charge in [-0.25, -0.2) is 9.78 Å². The van der Waals surface area contributed by atoms with Gasteiger partial charge in [-0.15, -0.1) is 0 Å². The van der Waals surface area contributed by atoms with Crippen LogP contribution in [0.4, 0.5) is 11.6 Å². The minimum Gasteiger partial charge on any atom is -0.504 e. The molecule has 0 aliphatic heterocycles. The average molecular weight is 311 g/mol. The Balaban J connectivity index is 1.80. The number of anilines is 2. The van der Waals surface area contributed by atoms with E-state index in [1.165, 1.54) is 24.5 Å². The van der Waals surface area contributed by atoms with Gasteiger partial charge in [-0.2, -0.15) is 4.98 Å². The lowest BCUT2D eigenvalue weighted by Gasteiger charge is -2.09. The maximum Gasteiger partial charge on any atom is 0.356 e. The molecule has 0 amide bonds. The fourth-order valence-corrected chi connectivity index (χ4v) is 1.88. The number of phenols is 2. The zero-order valence-corrected chi connectivity index (χ0v) is 11.8. The van der Waals surface area contributed by atoms with Gasteiger partial charge in [-0.3, -0.25) is 15.4 Å². The van der Waals surface area contributed by atoms with Crippen molar-refractivity contribution < 1.29 is 10.2 Å². The molecule has 1 aromatic heterocycles. The number of benzene rings is 2. The standard InChI is InChI=1S/C15H13N5O3/c21-12-7-6-11(8-13(12)22)20-9-16-14(17-15(20)23)19-18-10-4-2-1-3-5-10/h1-9,18,21-22H,(H,17,19,23). The average Bonchev–Trinajstić information content (AvgIpc) is 2.57. The normalized spacial score (nSPS) is 10.3. The Morgan fingerprint density at radius 2 is 1.74 bits per heavy atom. The molecule has 0 saturated heterocycles. The highest BCUT2D eigenvalue weighted by Crippen LogP contribution is 2.25. The van der Waals surface area contributed by atoms with Crippen molar-refractivity contribution in [3.05, 3.63) is 65.3 Å². The van der Waals surface area contributed by atoms with Crippen molar-refractivity contribution in [3.8, 4) is 17.2 Å². The zero-order chi connectivity index (χ0) is 16.2. The van der Waals surface area contributed by atoms with Crippen molar-refractivity contribution in [2.24, 2.45) is 0 Å². The smallest absolute Gasteiger partial charge is 0.356 e. The number of nitrogens with zero attached hydrogens (tertiary/aromatic N) is 3. The van der Waals surface area contributed by atoms with Gasteiger partial charge in [0.05, 0.1) is 11.4 Å². The Kier molecular flexibility index (Phi) is 3.79. The predicted molar refractivity (Wildman–Crippen MR) is 84.6 cm³/mol. The van der Waals surface area contributed by atoms with Gasteiger partial charge in [0, 0.05) is 6.07 Å². The van der Waals surface area contributed by atoms with Crippen LogP contribution in [0.3, 0.4) is 0 Å². The first-order valence-electron chi connectivity index (χ1n) is 6.68. The number of phenolic OH excluding ortho intramolecular Hbond substituents is 2. The molecule has 2 aromatic carbocycles. The third kappa shape index (κ3) is 3.21. The van der Waals surface area contributed by atoms with E-state index < -0.39 is 5.69 Å². The van der Waals surface area contributed by atoms with E-state index in [0.29, 0.717) is 5.69 Å². The summed E-state index contributed by atoms with van der Waals surface area (Å²) in [5.41, 5.74) is 6.15. The van der Waals surface area contributed by atoms with Crippen LogP contribution >= 0.6 is 0 Å². The van der Waals surface area contributed by atoms with Crippen molar-refractivity contribution >= 4 is 11.6 Å². The first kappa shape index (κ1) is 14.4. The fourth-order valence-electron chi connectivity index (χ4n) is 1.88. The molecule has 3 aromatic rings. The summed E-state index contributed by atoms with van der Waals surface area (Å²) < 4.78 is 1.15. The molecular formula is C15H13N5O3. The van der Waals surface area contributed by atoms with Gasteiger partial charge in [0.2, 0.25) is 5.95 Å². The Hall–Kier alpha value is -3.55. The van der Waals surface area contributed by atoms with Crippen molar-refractivity contribution in [3.63, 3.8) is 0 Å². The van der Waals surface area contributed by atoms with Crippen LogP contribution < -0.4 is 16.5 Å². The number of hydrazine groups is 1. The molecule has 8 heteroatoms. The third-order valence-electron chi connectivity index (χ3n) is 3.03. The van der Waals surface area contributed by atoms with E-state index in [2.05, 4.69) is 20.8 Å². The summed E-state index contributed by atoms with van der Waals surface area (Å²) in [6, 6.07) is 13.3. The Labute approximate surface area is 130 Å². The van der Waals surface area contributed by atoms with E-state index in [1.54, 1.807) is 0 Å². The molecule has 0 bridgehead atoms. The highest BCUT2D eigenvalue weighted by molar-refractivity contribution is 5.48. The second kappa shape index (κ2) is 6.06. The van der Waals surface area contributed by atoms with Crippen LogP contribution in [0.15, 0.2) is 59.7 Å². The number of hydrogen-bond donors (Lipinski definition) is 4. The second-order valence-corrected chi connectivity index (χ2v) is 4.62. The maximum atomic E-state index is 12.0. The number of para-hydroxylation sites is 1. The maximum absolute atomic E-state index is 12.0. The van der Waals surface area contributed by atoms with Gasteiger partial charge in [-0.1, -0.05) is 18.2 Å². The van der Waals surface area contributed by atoms with E-state index in [9.17, 15) is 15.0 Å². The van der Waals surface area contributed by atoms with Gasteiger partial charge in [0.15, 0.2) is 11.5 Å². The predicted octanol–water partition coefficient (Wildman–Crippen LogP) is 1.48. The minimum absolute atomic E-state index is 0.109. The molecule has 116 valence electrons. The lowest BCUT2D eigenvalue weighted by molar-refractivity contribution is 0.403. The van der Waals surface area contributed by atoms with Crippen LogP contribution in [0.2, 0.25) is 0 Å². The molecule has 0 atom stereocenters. The number of hydrogen-bond acceptors (Lipinski definition) is 7. The van der Waals surface area contributed by atoms with E-state index in [0.717, 1.165) is 10.3 Å². The summed E-state index contributed by atoms with van der Waals surface area (Å²) in [6.45, 7) is 0. The molecule has 0 aliphatic rings. The summed E-state index contributed by atoms with van der Waals surface area (Å²) in [5.74, 6) is -0.492. The molecule has 1 heterocycles. The second-order valence-electron chi connectivity index (χ2n) is 4.62.